The van der Waals surface area contributed by atoms with E-state index < -0.39 is 41.7 Å². The van der Waals surface area contributed by atoms with Crippen molar-refractivity contribution in [1.29, 1.82) is 0 Å². The fourth-order valence-corrected chi connectivity index (χ4v) is 4.60. The third kappa shape index (κ3) is 5.00. The van der Waals surface area contributed by atoms with Gasteiger partial charge in [-0.3, -0.25) is 0 Å². The fraction of sp³-hybridized carbons (Fsp3) is 0.538. The van der Waals surface area contributed by atoms with Crippen LogP contribution in [0.4, 0.5) is 4.79 Å². The SMILES string of the molecule is COc1cccc([C@@]2(CNC(=O)OC(C)(C)C)Oc3ccc(Cl)c(B4OC(C)(C)C(C)(C)O4)c3[C@@H]2O)n1. The van der Waals surface area contributed by atoms with Gasteiger partial charge in [-0.05, 0) is 66.7 Å². The number of amides is 1. The van der Waals surface area contributed by atoms with Crippen molar-refractivity contribution < 1.29 is 33.4 Å². The molecule has 0 unspecified atom stereocenters. The molecule has 11 heteroatoms. The minimum atomic E-state index is -1.52. The Kier molecular flexibility index (Phi) is 6.95. The maximum atomic E-state index is 12.6. The van der Waals surface area contributed by atoms with Crippen molar-refractivity contribution in [2.24, 2.45) is 0 Å². The van der Waals surface area contributed by atoms with E-state index in [0.717, 1.165) is 0 Å². The average Bonchev–Trinajstić information content (AvgIpc) is 3.20. The monoisotopic (exact) mass is 532 g/mol. The van der Waals surface area contributed by atoms with E-state index in [1.807, 2.05) is 27.7 Å². The van der Waals surface area contributed by atoms with Gasteiger partial charge in [-0.15, -0.1) is 0 Å². The molecule has 0 bridgehead atoms. The van der Waals surface area contributed by atoms with Crippen LogP contribution >= 0.6 is 11.6 Å². The predicted octanol–water partition coefficient (Wildman–Crippen LogP) is 3.89. The summed E-state index contributed by atoms with van der Waals surface area (Å²) < 4.78 is 29.7. The number of hydrogen-bond donors (Lipinski definition) is 2. The molecule has 0 aliphatic carbocycles. The molecule has 0 saturated carbocycles. The zero-order valence-corrected chi connectivity index (χ0v) is 23.2. The van der Waals surface area contributed by atoms with Crippen LogP contribution in [0.2, 0.25) is 5.02 Å². The first kappa shape index (κ1) is 27.5. The predicted molar refractivity (Wildman–Crippen MR) is 139 cm³/mol. The molecule has 1 aromatic heterocycles. The van der Waals surface area contributed by atoms with Crippen molar-refractivity contribution >= 4 is 30.3 Å². The molecule has 1 amide bonds. The second kappa shape index (κ2) is 9.34. The quantitative estimate of drug-likeness (QED) is 0.559. The minimum absolute atomic E-state index is 0.154. The Morgan fingerprint density at radius 2 is 1.81 bits per heavy atom. The zero-order chi connectivity index (χ0) is 27.4. The number of hydrogen-bond acceptors (Lipinski definition) is 8. The van der Waals surface area contributed by atoms with Gasteiger partial charge < -0.3 is 33.9 Å². The van der Waals surface area contributed by atoms with Crippen LogP contribution in [-0.2, 0) is 19.6 Å². The van der Waals surface area contributed by atoms with E-state index in [1.165, 1.54) is 7.11 Å². The molecular formula is C26H34BClN2O7. The van der Waals surface area contributed by atoms with Crippen LogP contribution < -0.4 is 20.3 Å². The number of benzene rings is 1. The number of rotatable bonds is 5. The molecule has 2 atom stereocenters. The number of halogens is 1. The van der Waals surface area contributed by atoms with Gasteiger partial charge in [0, 0.05) is 22.1 Å². The van der Waals surface area contributed by atoms with Gasteiger partial charge in [0.05, 0.1) is 30.6 Å². The standard InChI is InChI=1S/C26H34BClN2O7/c1-23(2,3)35-22(32)29-14-26(17-10-9-11-18(30-17)33-8)21(31)19-16(34-26)13-12-15(28)20(19)27-36-24(4,5)25(6,7)37-27/h9-13,21,31H,14H2,1-8H3,(H,29,32)/t21-,26+/m0/s1. The molecule has 0 spiro atoms. The number of aliphatic hydroxyl groups is 1. The molecule has 3 heterocycles. The van der Waals surface area contributed by atoms with Crippen LogP contribution in [0.25, 0.3) is 0 Å². The maximum Gasteiger partial charge on any atom is 0.496 e. The van der Waals surface area contributed by atoms with Crippen molar-refractivity contribution in [2.45, 2.75) is 77.0 Å². The van der Waals surface area contributed by atoms with Gasteiger partial charge in [0.15, 0.2) is 5.60 Å². The summed E-state index contributed by atoms with van der Waals surface area (Å²) in [6.45, 7) is 12.9. The molecule has 4 rings (SSSR count). The normalized spacial score (nSPS) is 23.8. The third-order valence-corrected chi connectivity index (χ3v) is 7.28. The number of ether oxygens (including phenoxy) is 3. The van der Waals surface area contributed by atoms with Crippen LogP contribution in [0.5, 0.6) is 11.6 Å². The van der Waals surface area contributed by atoms with Gasteiger partial charge in [-0.25, -0.2) is 9.78 Å². The zero-order valence-electron chi connectivity index (χ0n) is 22.5. The number of aliphatic hydroxyl groups excluding tert-OH is 1. The highest BCUT2D eigenvalue weighted by Gasteiger charge is 2.57. The maximum absolute atomic E-state index is 12.6. The van der Waals surface area contributed by atoms with Gasteiger partial charge >= 0.3 is 13.2 Å². The van der Waals surface area contributed by atoms with Crippen LogP contribution in [0.3, 0.4) is 0 Å². The van der Waals surface area contributed by atoms with E-state index in [2.05, 4.69) is 10.3 Å². The number of carbonyl (C=O) groups excluding carboxylic acids is 1. The smallest absolute Gasteiger partial charge is 0.481 e. The largest absolute Gasteiger partial charge is 0.496 e. The Bertz CT molecular complexity index is 1180. The Hall–Kier alpha value is -2.53. The van der Waals surface area contributed by atoms with E-state index in [1.54, 1.807) is 51.1 Å². The molecule has 2 aliphatic rings. The number of pyridine rings is 1. The van der Waals surface area contributed by atoms with E-state index in [-0.39, 0.29) is 6.54 Å². The molecule has 2 aliphatic heterocycles. The molecule has 37 heavy (non-hydrogen) atoms. The Morgan fingerprint density at radius 3 is 2.41 bits per heavy atom. The van der Waals surface area contributed by atoms with Crippen molar-refractivity contribution in [3.8, 4) is 11.6 Å². The minimum Gasteiger partial charge on any atom is -0.481 e. The molecular weight excluding hydrogens is 499 g/mol. The lowest BCUT2D eigenvalue weighted by Crippen LogP contribution is -2.49. The fourth-order valence-electron chi connectivity index (χ4n) is 4.34. The number of aromatic nitrogens is 1. The van der Waals surface area contributed by atoms with E-state index in [0.29, 0.717) is 33.4 Å². The first-order valence-corrected chi connectivity index (χ1v) is 12.5. The van der Waals surface area contributed by atoms with Crippen molar-refractivity contribution in [2.75, 3.05) is 13.7 Å². The molecule has 200 valence electrons. The third-order valence-electron chi connectivity index (χ3n) is 6.95. The molecule has 9 nitrogen and oxygen atoms in total. The van der Waals surface area contributed by atoms with Gasteiger partial charge in [0.25, 0.3) is 0 Å². The summed E-state index contributed by atoms with van der Waals surface area (Å²) >= 11 is 6.67. The summed E-state index contributed by atoms with van der Waals surface area (Å²) in [5.41, 5.74) is -2.26. The molecule has 0 radical (unpaired) electrons. The number of methoxy groups -OCH3 is 1. The molecule has 1 aromatic carbocycles. The average molecular weight is 533 g/mol. The number of nitrogens with one attached hydrogen (secondary N) is 1. The first-order valence-electron chi connectivity index (χ1n) is 12.1. The second-order valence-electron chi connectivity index (χ2n) is 11.3. The van der Waals surface area contributed by atoms with E-state index >= 15 is 0 Å². The summed E-state index contributed by atoms with van der Waals surface area (Å²) in [6, 6.07) is 8.45. The van der Waals surface area contributed by atoms with Gasteiger partial charge in [0.1, 0.15) is 17.5 Å². The highest BCUT2D eigenvalue weighted by atomic mass is 35.5. The second-order valence-corrected chi connectivity index (χ2v) is 11.7. The Morgan fingerprint density at radius 1 is 1.16 bits per heavy atom. The molecule has 1 saturated heterocycles. The topological polar surface area (TPSA) is 108 Å². The molecule has 1 fully saturated rings. The van der Waals surface area contributed by atoms with Crippen molar-refractivity contribution in [1.82, 2.24) is 10.3 Å². The number of fused-ring (bicyclic) bond motifs is 1. The van der Waals surface area contributed by atoms with Crippen molar-refractivity contribution in [3.05, 3.63) is 46.6 Å². The van der Waals surface area contributed by atoms with Crippen molar-refractivity contribution in [3.63, 3.8) is 0 Å². The van der Waals surface area contributed by atoms with Crippen LogP contribution in [-0.4, -0.2) is 53.8 Å². The highest BCUT2D eigenvalue weighted by Crippen LogP contribution is 2.49. The van der Waals surface area contributed by atoms with Gasteiger partial charge in [-0.1, -0.05) is 17.7 Å². The summed E-state index contributed by atoms with van der Waals surface area (Å²) in [5, 5.41) is 15.0. The Labute approximate surface area is 222 Å². The highest BCUT2D eigenvalue weighted by molar-refractivity contribution is 6.66. The number of carbonyl (C=O) groups is 1. The molecule has 2 aromatic rings. The van der Waals surface area contributed by atoms with E-state index in [9.17, 15) is 9.90 Å². The lowest BCUT2D eigenvalue weighted by molar-refractivity contribution is -0.0367. The summed E-state index contributed by atoms with van der Waals surface area (Å²) in [5.74, 6) is 0.697. The summed E-state index contributed by atoms with van der Waals surface area (Å²) in [4.78, 5) is 17.1. The number of nitrogens with zero attached hydrogens (tertiary/aromatic N) is 1. The summed E-state index contributed by atoms with van der Waals surface area (Å²) in [7, 11) is 0.646. The lowest BCUT2D eigenvalue weighted by atomic mass is 9.73. The van der Waals surface area contributed by atoms with Gasteiger partial charge in [-0.2, -0.15) is 0 Å². The van der Waals surface area contributed by atoms with Gasteiger partial charge in [0.2, 0.25) is 5.88 Å². The van der Waals surface area contributed by atoms with Crippen LogP contribution in [0.1, 0.15) is 65.8 Å². The van der Waals surface area contributed by atoms with Crippen LogP contribution in [0.15, 0.2) is 30.3 Å². The van der Waals surface area contributed by atoms with E-state index in [4.69, 9.17) is 35.1 Å². The number of alkyl carbamates (subject to hydrolysis) is 1. The Balaban J connectivity index is 1.79. The molecule has 2 N–H and O–H groups in total. The lowest BCUT2D eigenvalue weighted by Gasteiger charge is -2.32. The first-order chi connectivity index (χ1) is 17.1. The van der Waals surface area contributed by atoms with Crippen LogP contribution in [0, 0.1) is 0 Å². The summed E-state index contributed by atoms with van der Waals surface area (Å²) in [6.07, 6.45) is -1.96.